The lowest BCUT2D eigenvalue weighted by atomic mass is 10.1. The standard InChI is InChI=1S/C28H32FN3O4S/c1-4-26(28(34)30-5-2)31(19-22-13-11-21(3)12-14-22)27(33)20-32(24-9-7-6-8-10-24)37(35,36)25-17-15-23(29)16-18-25/h6-18,26H,4-5,19-20H2,1-3H3,(H,30,34)/t26-/m0/s1. The molecule has 0 spiro atoms. The van der Waals surface area contributed by atoms with Gasteiger partial charge >= 0.3 is 0 Å². The summed E-state index contributed by atoms with van der Waals surface area (Å²) in [6, 6.07) is 19.5. The number of halogens is 1. The number of carbonyl (C=O) groups is 2. The van der Waals surface area contributed by atoms with Gasteiger partial charge in [-0.05, 0) is 62.2 Å². The van der Waals surface area contributed by atoms with Gasteiger partial charge in [0.15, 0.2) is 0 Å². The van der Waals surface area contributed by atoms with Gasteiger partial charge in [0.25, 0.3) is 10.0 Å². The van der Waals surface area contributed by atoms with Gasteiger partial charge in [0.1, 0.15) is 18.4 Å². The molecule has 0 aliphatic carbocycles. The van der Waals surface area contributed by atoms with Gasteiger partial charge < -0.3 is 10.2 Å². The van der Waals surface area contributed by atoms with E-state index in [9.17, 15) is 22.4 Å². The summed E-state index contributed by atoms with van der Waals surface area (Å²) in [5.74, 6) is -1.41. The molecule has 3 aromatic carbocycles. The Bertz CT molecular complexity index is 1300. The molecule has 0 saturated carbocycles. The molecule has 0 fully saturated rings. The highest BCUT2D eigenvalue weighted by Gasteiger charge is 2.33. The summed E-state index contributed by atoms with van der Waals surface area (Å²) in [6.07, 6.45) is 0.347. The summed E-state index contributed by atoms with van der Waals surface area (Å²) < 4.78 is 41.8. The maximum atomic E-state index is 13.8. The fourth-order valence-electron chi connectivity index (χ4n) is 3.96. The molecular weight excluding hydrogens is 493 g/mol. The molecule has 0 unspecified atom stereocenters. The second-order valence-electron chi connectivity index (χ2n) is 8.63. The zero-order valence-electron chi connectivity index (χ0n) is 21.2. The molecule has 37 heavy (non-hydrogen) atoms. The second-order valence-corrected chi connectivity index (χ2v) is 10.5. The van der Waals surface area contributed by atoms with Crippen molar-refractivity contribution in [3.63, 3.8) is 0 Å². The highest BCUT2D eigenvalue weighted by atomic mass is 32.2. The lowest BCUT2D eigenvalue weighted by Crippen LogP contribution is -2.52. The Hall–Kier alpha value is -3.72. The van der Waals surface area contributed by atoms with Crippen LogP contribution in [-0.4, -0.2) is 44.3 Å². The molecular formula is C28H32FN3O4S. The summed E-state index contributed by atoms with van der Waals surface area (Å²) in [6.45, 7) is 5.55. The quantitative estimate of drug-likeness (QED) is 0.405. The minimum atomic E-state index is -4.22. The van der Waals surface area contributed by atoms with Crippen LogP contribution in [0, 0.1) is 12.7 Å². The Morgan fingerprint density at radius 3 is 2.11 bits per heavy atom. The monoisotopic (exact) mass is 525 g/mol. The molecule has 0 saturated heterocycles. The van der Waals surface area contributed by atoms with E-state index in [2.05, 4.69) is 5.32 Å². The van der Waals surface area contributed by atoms with E-state index >= 15 is 0 Å². The number of likely N-dealkylation sites (N-methyl/N-ethyl adjacent to an activating group) is 1. The number of nitrogens with one attached hydrogen (secondary N) is 1. The molecule has 0 aromatic heterocycles. The number of sulfonamides is 1. The van der Waals surface area contributed by atoms with Crippen molar-refractivity contribution in [1.82, 2.24) is 10.2 Å². The van der Waals surface area contributed by atoms with Crippen LogP contribution in [0.5, 0.6) is 0 Å². The zero-order chi connectivity index (χ0) is 27.0. The van der Waals surface area contributed by atoms with Crippen LogP contribution < -0.4 is 9.62 Å². The molecule has 0 aliphatic rings. The molecule has 0 bridgehead atoms. The molecule has 0 radical (unpaired) electrons. The van der Waals surface area contributed by atoms with E-state index in [1.54, 1.807) is 44.2 Å². The fraction of sp³-hybridized carbons (Fsp3) is 0.286. The van der Waals surface area contributed by atoms with Gasteiger partial charge in [-0.15, -0.1) is 0 Å². The summed E-state index contributed by atoms with van der Waals surface area (Å²) in [4.78, 5) is 28.0. The minimum absolute atomic E-state index is 0.133. The van der Waals surface area contributed by atoms with E-state index in [4.69, 9.17) is 0 Å². The van der Waals surface area contributed by atoms with Crippen LogP contribution in [0.15, 0.2) is 83.8 Å². The number of anilines is 1. The van der Waals surface area contributed by atoms with E-state index in [-0.39, 0.29) is 23.0 Å². The Labute approximate surface area is 218 Å². The molecule has 196 valence electrons. The van der Waals surface area contributed by atoms with Crippen molar-refractivity contribution in [3.05, 3.63) is 95.8 Å². The predicted molar refractivity (Wildman–Crippen MR) is 142 cm³/mol. The van der Waals surface area contributed by atoms with Crippen LogP contribution >= 0.6 is 0 Å². The average Bonchev–Trinajstić information content (AvgIpc) is 2.89. The number of rotatable bonds is 11. The number of hydrogen-bond acceptors (Lipinski definition) is 4. The fourth-order valence-corrected chi connectivity index (χ4v) is 5.37. The number of carbonyl (C=O) groups excluding carboxylic acids is 2. The molecule has 1 atom stereocenters. The lowest BCUT2D eigenvalue weighted by molar-refractivity contribution is -0.140. The van der Waals surface area contributed by atoms with Gasteiger partial charge in [-0.3, -0.25) is 13.9 Å². The largest absolute Gasteiger partial charge is 0.355 e. The molecule has 1 N–H and O–H groups in total. The maximum Gasteiger partial charge on any atom is 0.264 e. The predicted octanol–water partition coefficient (Wildman–Crippen LogP) is 4.27. The molecule has 0 heterocycles. The number of benzene rings is 3. The smallest absolute Gasteiger partial charge is 0.264 e. The third-order valence-electron chi connectivity index (χ3n) is 5.94. The summed E-state index contributed by atoms with van der Waals surface area (Å²) >= 11 is 0. The van der Waals surface area contributed by atoms with Gasteiger partial charge in [0.2, 0.25) is 11.8 Å². The van der Waals surface area contributed by atoms with Crippen molar-refractivity contribution in [2.24, 2.45) is 0 Å². The normalized spacial score (nSPS) is 12.0. The third-order valence-corrected chi connectivity index (χ3v) is 7.72. The van der Waals surface area contributed by atoms with Gasteiger partial charge in [0, 0.05) is 13.1 Å². The summed E-state index contributed by atoms with van der Waals surface area (Å²) in [7, 11) is -4.22. The zero-order valence-corrected chi connectivity index (χ0v) is 22.0. The number of hydrogen-bond donors (Lipinski definition) is 1. The first-order valence-corrected chi connectivity index (χ1v) is 13.6. The summed E-state index contributed by atoms with van der Waals surface area (Å²) in [5, 5.41) is 2.77. The SMILES string of the molecule is CCNC(=O)[C@H](CC)N(Cc1ccc(C)cc1)C(=O)CN(c1ccccc1)S(=O)(=O)c1ccc(F)cc1. The molecule has 0 aliphatic heterocycles. The third kappa shape index (κ3) is 6.95. The van der Waals surface area contributed by atoms with Crippen LogP contribution in [0.2, 0.25) is 0 Å². The first-order valence-electron chi connectivity index (χ1n) is 12.1. The Kier molecular flexibility index (Phi) is 9.41. The van der Waals surface area contributed by atoms with Crippen LogP contribution in [0.4, 0.5) is 10.1 Å². The molecule has 3 aromatic rings. The van der Waals surface area contributed by atoms with E-state index in [1.165, 1.54) is 17.0 Å². The van der Waals surface area contributed by atoms with E-state index in [0.29, 0.717) is 13.0 Å². The van der Waals surface area contributed by atoms with Crippen molar-refractivity contribution in [2.45, 2.75) is 44.7 Å². The van der Waals surface area contributed by atoms with Crippen molar-refractivity contribution in [2.75, 3.05) is 17.4 Å². The topological polar surface area (TPSA) is 86.8 Å². The van der Waals surface area contributed by atoms with Crippen molar-refractivity contribution in [1.29, 1.82) is 0 Å². The Morgan fingerprint density at radius 2 is 1.54 bits per heavy atom. The molecule has 2 amide bonds. The summed E-state index contributed by atoms with van der Waals surface area (Å²) in [5.41, 5.74) is 2.15. The number of amides is 2. The van der Waals surface area contributed by atoms with Crippen molar-refractivity contribution in [3.8, 4) is 0 Å². The number of para-hydroxylation sites is 1. The van der Waals surface area contributed by atoms with Gasteiger partial charge in [-0.2, -0.15) is 0 Å². The first-order chi connectivity index (χ1) is 17.7. The number of nitrogens with zero attached hydrogens (tertiary/aromatic N) is 2. The highest BCUT2D eigenvalue weighted by molar-refractivity contribution is 7.92. The maximum absolute atomic E-state index is 13.8. The van der Waals surface area contributed by atoms with Gasteiger partial charge in [-0.25, -0.2) is 12.8 Å². The van der Waals surface area contributed by atoms with Crippen LogP contribution in [0.25, 0.3) is 0 Å². The lowest BCUT2D eigenvalue weighted by Gasteiger charge is -2.33. The van der Waals surface area contributed by atoms with E-state index < -0.39 is 34.3 Å². The van der Waals surface area contributed by atoms with E-state index in [0.717, 1.165) is 27.6 Å². The van der Waals surface area contributed by atoms with Crippen molar-refractivity contribution < 1.29 is 22.4 Å². The molecule has 7 nitrogen and oxygen atoms in total. The van der Waals surface area contributed by atoms with Gasteiger partial charge in [0.05, 0.1) is 10.6 Å². The van der Waals surface area contributed by atoms with Crippen LogP contribution in [-0.2, 0) is 26.2 Å². The van der Waals surface area contributed by atoms with Crippen LogP contribution in [0.3, 0.4) is 0 Å². The molecule has 3 rings (SSSR count). The first kappa shape index (κ1) is 27.9. The minimum Gasteiger partial charge on any atom is -0.355 e. The van der Waals surface area contributed by atoms with Crippen molar-refractivity contribution >= 4 is 27.5 Å². The highest BCUT2D eigenvalue weighted by Crippen LogP contribution is 2.25. The van der Waals surface area contributed by atoms with Gasteiger partial charge in [-0.1, -0.05) is 55.0 Å². The Balaban J connectivity index is 2.02. The second kappa shape index (κ2) is 12.5. The number of aryl methyl sites for hydroxylation is 1. The van der Waals surface area contributed by atoms with E-state index in [1.807, 2.05) is 31.2 Å². The molecule has 9 heteroatoms. The Morgan fingerprint density at radius 1 is 0.919 bits per heavy atom. The average molecular weight is 526 g/mol. The van der Waals surface area contributed by atoms with Crippen LogP contribution in [0.1, 0.15) is 31.4 Å².